The van der Waals surface area contributed by atoms with Crippen LogP contribution in [0.1, 0.15) is 18.1 Å². The van der Waals surface area contributed by atoms with Crippen LogP contribution in [0.3, 0.4) is 0 Å². The Bertz CT molecular complexity index is 830. The van der Waals surface area contributed by atoms with Crippen LogP contribution < -0.4 is 9.47 Å². The number of halogens is 1. The van der Waals surface area contributed by atoms with Gasteiger partial charge in [0.05, 0.1) is 19.8 Å². The number of rotatable bonds is 4. The largest absolute Gasteiger partial charge is 0.497 e. The zero-order valence-electron chi connectivity index (χ0n) is 14.0. The van der Waals surface area contributed by atoms with E-state index in [-0.39, 0.29) is 11.1 Å². The Labute approximate surface area is 144 Å². The first-order valence-electron chi connectivity index (χ1n) is 7.55. The van der Waals surface area contributed by atoms with Crippen molar-refractivity contribution in [2.75, 3.05) is 14.2 Å². The minimum Gasteiger partial charge on any atom is -0.497 e. The summed E-state index contributed by atoms with van der Waals surface area (Å²) in [5.74, 6) is -1.96. The van der Waals surface area contributed by atoms with Crippen LogP contribution in [-0.2, 0) is 9.53 Å². The van der Waals surface area contributed by atoms with Gasteiger partial charge in [0.2, 0.25) is 5.79 Å². The van der Waals surface area contributed by atoms with E-state index in [9.17, 15) is 14.3 Å². The second kappa shape index (κ2) is 6.22. The Morgan fingerprint density at radius 3 is 2.08 bits per heavy atom. The number of esters is 1. The first kappa shape index (κ1) is 17.0. The highest BCUT2D eigenvalue weighted by Crippen LogP contribution is 2.43. The minimum absolute atomic E-state index is 0.175. The second-order valence-electron chi connectivity index (χ2n) is 5.73. The Balaban J connectivity index is 2.27. The third-order valence-corrected chi connectivity index (χ3v) is 3.98. The summed E-state index contributed by atoms with van der Waals surface area (Å²) in [4.78, 5) is 12.4. The Hall–Kier alpha value is -2.86. The number of carbonyl (C=O) groups excluding carboxylic acids is 1. The normalized spacial score (nSPS) is 19.8. The van der Waals surface area contributed by atoms with Crippen LogP contribution in [0.2, 0.25) is 0 Å². The molecule has 1 unspecified atom stereocenters. The van der Waals surface area contributed by atoms with Crippen molar-refractivity contribution in [3.63, 3.8) is 0 Å². The van der Waals surface area contributed by atoms with Crippen molar-refractivity contribution in [2.45, 2.75) is 12.7 Å². The molecule has 1 N–H and O–H groups in total. The van der Waals surface area contributed by atoms with Crippen molar-refractivity contribution in [1.29, 1.82) is 0 Å². The van der Waals surface area contributed by atoms with Gasteiger partial charge in [-0.25, -0.2) is 9.18 Å². The highest BCUT2D eigenvalue weighted by Gasteiger charge is 2.44. The first-order valence-corrected chi connectivity index (χ1v) is 7.55. The highest BCUT2D eigenvalue weighted by atomic mass is 19.1. The first-order chi connectivity index (χ1) is 11.9. The fourth-order valence-electron chi connectivity index (χ4n) is 2.86. The summed E-state index contributed by atoms with van der Waals surface area (Å²) in [5, 5.41) is 10.6. The van der Waals surface area contributed by atoms with Crippen LogP contribution in [-0.4, -0.2) is 31.1 Å². The number of hydrogen-bond donors (Lipinski definition) is 1. The van der Waals surface area contributed by atoms with Gasteiger partial charge >= 0.3 is 5.97 Å². The molecule has 3 rings (SSSR count). The molecule has 5 nitrogen and oxygen atoms in total. The van der Waals surface area contributed by atoms with Gasteiger partial charge in [-0.05, 0) is 35.4 Å². The summed E-state index contributed by atoms with van der Waals surface area (Å²) < 4.78 is 28.8. The number of benzene rings is 2. The molecule has 1 atom stereocenters. The van der Waals surface area contributed by atoms with Crippen molar-refractivity contribution in [3.8, 4) is 11.5 Å². The van der Waals surface area contributed by atoms with Crippen molar-refractivity contribution >= 4 is 17.1 Å². The van der Waals surface area contributed by atoms with Crippen molar-refractivity contribution in [3.05, 3.63) is 59.4 Å². The Morgan fingerprint density at radius 1 is 1.00 bits per heavy atom. The van der Waals surface area contributed by atoms with E-state index in [0.717, 1.165) is 0 Å². The molecule has 2 aromatic rings. The van der Waals surface area contributed by atoms with E-state index in [1.54, 1.807) is 18.2 Å². The third kappa shape index (κ3) is 3.08. The lowest BCUT2D eigenvalue weighted by atomic mass is 9.91. The van der Waals surface area contributed by atoms with E-state index in [1.165, 1.54) is 45.4 Å². The summed E-state index contributed by atoms with van der Waals surface area (Å²) in [6.07, 6.45) is 0. The molecule has 0 saturated heterocycles. The van der Waals surface area contributed by atoms with Gasteiger partial charge in [-0.3, -0.25) is 0 Å². The number of cyclic esters (lactones) is 1. The van der Waals surface area contributed by atoms with Gasteiger partial charge in [-0.15, -0.1) is 0 Å². The highest BCUT2D eigenvalue weighted by molar-refractivity contribution is 6.28. The molecule has 6 heteroatoms. The average Bonchev–Trinajstić information content (AvgIpc) is 2.83. The van der Waals surface area contributed by atoms with Crippen molar-refractivity contribution < 1.29 is 28.5 Å². The van der Waals surface area contributed by atoms with Crippen LogP contribution in [0.5, 0.6) is 11.5 Å². The van der Waals surface area contributed by atoms with Crippen LogP contribution in [0.25, 0.3) is 11.1 Å². The van der Waals surface area contributed by atoms with E-state index in [1.807, 2.05) is 0 Å². The molecule has 0 fully saturated rings. The van der Waals surface area contributed by atoms with E-state index in [4.69, 9.17) is 14.2 Å². The van der Waals surface area contributed by atoms with Gasteiger partial charge in [0.25, 0.3) is 0 Å². The van der Waals surface area contributed by atoms with Gasteiger partial charge < -0.3 is 19.3 Å². The van der Waals surface area contributed by atoms with E-state index < -0.39 is 17.6 Å². The zero-order valence-corrected chi connectivity index (χ0v) is 14.0. The molecule has 2 aromatic carbocycles. The average molecular weight is 344 g/mol. The monoisotopic (exact) mass is 344 g/mol. The maximum atomic E-state index is 13.3. The van der Waals surface area contributed by atoms with Crippen LogP contribution >= 0.6 is 0 Å². The zero-order chi connectivity index (χ0) is 18.2. The number of ether oxygens (including phenoxy) is 3. The molecule has 0 aromatic heterocycles. The Kier molecular flexibility index (Phi) is 4.22. The number of carbonyl (C=O) groups is 1. The molecule has 1 aliphatic heterocycles. The van der Waals surface area contributed by atoms with E-state index in [0.29, 0.717) is 22.6 Å². The van der Waals surface area contributed by atoms with Crippen LogP contribution in [0.15, 0.2) is 42.5 Å². The van der Waals surface area contributed by atoms with Gasteiger partial charge in [-0.1, -0.05) is 12.1 Å². The molecule has 0 spiro atoms. The van der Waals surface area contributed by atoms with Crippen LogP contribution in [0, 0.1) is 5.82 Å². The molecule has 1 heterocycles. The fourth-order valence-corrected chi connectivity index (χ4v) is 2.86. The maximum absolute atomic E-state index is 13.3. The molecule has 0 radical (unpaired) electrons. The SMILES string of the molecule is COc1cc(OC)cc(C2=C(c3ccc(F)cc3)C(C)(O)OC2=O)c1. The quantitative estimate of drug-likeness (QED) is 0.864. The van der Waals surface area contributed by atoms with Gasteiger partial charge in [0.15, 0.2) is 0 Å². The van der Waals surface area contributed by atoms with Crippen LogP contribution in [0.4, 0.5) is 4.39 Å². The van der Waals surface area contributed by atoms with E-state index in [2.05, 4.69) is 0 Å². The molecule has 0 aliphatic carbocycles. The summed E-state index contributed by atoms with van der Waals surface area (Å²) in [6.45, 7) is 1.37. The molecule has 0 saturated carbocycles. The molecular weight excluding hydrogens is 327 g/mol. The fraction of sp³-hybridized carbons (Fsp3) is 0.211. The van der Waals surface area contributed by atoms with Gasteiger partial charge in [-0.2, -0.15) is 0 Å². The topological polar surface area (TPSA) is 65.0 Å². The molecule has 0 bridgehead atoms. The molecule has 0 amide bonds. The minimum atomic E-state index is -1.83. The smallest absolute Gasteiger partial charge is 0.342 e. The molecule has 1 aliphatic rings. The summed E-state index contributed by atoms with van der Waals surface area (Å²) >= 11 is 0. The number of methoxy groups -OCH3 is 2. The predicted molar refractivity (Wildman–Crippen MR) is 89.5 cm³/mol. The summed E-state index contributed by atoms with van der Waals surface area (Å²) in [6, 6.07) is 10.4. The number of hydrogen-bond acceptors (Lipinski definition) is 5. The van der Waals surface area contributed by atoms with E-state index >= 15 is 0 Å². The van der Waals surface area contributed by atoms with Crippen molar-refractivity contribution in [1.82, 2.24) is 0 Å². The lowest BCUT2D eigenvalue weighted by molar-refractivity contribution is -0.169. The standard InChI is InChI=1S/C19H17FO5/c1-19(22)17(11-4-6-13(20)7-5-11)16(18(21)25-19)12-8-14(23-2)10-15(9-12)24-3/h4-10,22H,1-3H3. The molecular formula is C19H17FO5. The molecule has 130 valence electrons. The lowest BCUT2D eigenvalue weighted by Gasteiger charge is -2.20. The predicted octanol–water partition coefficient (Wildman–Crippen LogP) is 3.02. The Morgan fingerprint density at radius 2 is 1.56 bits per heavy atom. The summed E-state index contributed by atoms with van der Waals surface area (Å²) in [7, 11) is 2.99. The maximum Gasteiger partial charge on any atom is 0.342 e. The lowest BCUT2D eigenvalue weighted by Crippen LogP contribution is -2.26. The number of aliphatic hydroxyl groups is 1. The molecule has 25 heavy (non-hydrogen) atoms. The van der Waals surface area contributed by atoms with Crippen molar-refractivity contribution in [2.24, 2.45) is 0 Å². The third-order valence-electron chi connectivity index (χ3n) is 3.98. The summed E-state index contributed by atoms with van der Waals surface area (Å²) in [5.41, 5.74) is 1.38. The van der Waals surface area contributed by atoms with Gasteiger partial charge in [0.1, 0.15) is 17.3 Å². The second-order valence-corrected chi connectivity index (χ2v) is 5.73. The van der Waals surface area contributed by atoms with Gasteiger partial charge in [0, 0.05) is 18.6 Å².